The summed E-state index contributed by atoms with van der Waals surface area (Å²) >= 11 is 1.26. The van der Waals surface area contributed by atoms with Crippen molar-refractivity contribution >= 4 is 26.5 Å². The fourth-order valence-electron chi connectivity index (χ4n) is 1.40. The van der Waals surface area contributed by atoms with Gasteiger partial charge in [-0.3, -0.25) is 5.43 Å². The maximum Gasteiger partial charge on any atom is 0.219 e. The second kappa shape index (κ2) is 4.00. The van der Waals surface area contributed by atoms with Gasteiger partial charge < -0.3 is 0 Å². The smallest absolute Gasteiger partial charge is 0.219 e. The Morgan fingerprint density at radius 2 is 2.33 bits per heavy atom. The second-order valence-corrected chi connectivity index (χ2v) is 6.30. The molecule has 84 valence electrons. The zero-order valence-electron chi connectivity index (χ0n) is 7.88. The van der Waals surface area contributed by atoms with Gasteiger partial charge in [-0.25, -0.2) is 14.3 Å². The van der Waals surface area contributed by atoms with Crippen molar-refractivity contribution in [1.29, 1.82) is 0 Å². The first-order chi connectivity index (χ1) is 7.12. The van der Waals surface area contributed by atoms with Gasteiger partial charge in [0.05, 0.1) is 12.3 Å². The van der Waals surface area contributed by atoms with Gasteiger partial charge in [0.25, 0.3) is 0 Å². The van der Waals surface area contributed by atoms with Gasteiger partial charge in [0, 0.05) is 6.54 Å². The lowest BCUT2D eigenvalue weighted by atomic mass is 10.5. The zero-order valence-corrected chi connectivity index (χ0v) is 9.51. The van der Waals surface area contributed by atoms with Crippen molar-refractivity contribution in [1.82, 2.24) is 14.5 Å². The first kappa shape index (κ1) is 10.7. The van der Waals surface area contributed by atoms with E-state index in [1.807, 2.05) is 0 Å². The lowest BCUT2D eigenvalue weighted by Crippen LogP contribution is -2.25. The molecule has 0 aliphatic carbocycles. The fourth-order valence-corrected chi connectivity index (χ4v) is 3.62. The van der Waals surface area contributed by atoms with Crippen LogP contribution in [0.2, 0.25) is 0 Å². The average molecular weight is 249 g/mol. The first-order valence-corrected chi connectivity index (χ1v) is 6.81. The number of nitrogen functional groups attached to an aromatic ring is 1. The van der Waals surface area contributed by atoms with Gasteiger partial charge in [0.2, 0.25) is 15.2 Å². The van der Waals surface area contributed by atoms with Crippen molar-refractivity contribution in [3.63, 3.8) is 0 Å². The molecule has 2 heterocycles. The summed E-state index contributed by atoms with van der Waals surface area (Å²) < 4.78 is 24.4. The molecule has 1 aromatic heterocycles. The predicted molar refractivity (Wildman–Crippen MR) is 56.5 cm³/mol. The largest absolute Gasteiger partial charge is 0.298 e. The van der Waals surface area contributed by atoms with E-state index in [1.54, 1.807) is 0 Å². The molecule has 0 amide bonds. The first-order valence-electron chi connectivity index (χ1n) is 4.38. The number of nitrogens with two attached hydrogens (primary N) is 1. The number of nitrogens with zero attached hydrogens (tertiary/aromatic N) is 3. The quantitative estimate of drug-likeness (QED) is 0.546. The number of aromatic nitrogens is 2. The molecule has 9 heteroatoms. The Hall–Kier alpha value is -0.770. The summed E-state index contributed by atoms with van der Waals surface area (Å²) in [6, 6.07) is 0. The monoisotopic (exact) mass is 249 g/mol. The van der Waals surface area contributed by atoms with Crippen LogP contribution in [0.15, 0.2) is 0 Å². The summed E-state index contributed by atoms with van der Waals surface area (Å²) in [5.41, 5.74) is 2.37. The molecule has 3 N–H and O–H groups in total. The van der Waals surface area contributed by atoms with E-state index in [4.69, 9.17) is 5.84 Å². The SMILES string of the molecule is NNc1nnc(CN2CCCS2(=O)=O)s1. The van der Waals surface area contributed by atoms with Crippen molar-refractivity contribution in [2.45, 2.75) is 13.0 Å². The molecule has 2 rings (SSSR count). The number of hydrogen-bond acceptors (Lipinski definition) is 7. The molecule has 0 aromatic carbocycles. The van der Waals surface area contributed by atoms with Crippen LogP contribution in [0.1, 0.15) is 11.4 Å². The molecule has 0 saturated carbocycles. The third-order valence-electron chi connectivity index (χ3n) is 2.11. The average Bonchev–Trinajstić information content (AvgIpc) is 2.75. The van der Waals surface area contributed by atoms with Crippen LogP contribution >= 0.6 is 11.3 Å². The molecule has 0 atom stereocenters. The Kier molecular flexibility index (Phi) is 2.87. The van der Waals surface area contributed by atoms with Crippen LogP contribution in [0, 0.1) is 0 Å². The van der Waals surface area contributed by atoms with Gasteiger partial charge in [-0.1, -0.05) is 11.3 Å². The Balaban J connectivity index is 2.09. The molecule has 15 heavy (non-hydrogen) atoms. The van der Waals surface area contributed by atoms with Crippen LogP contribution in [0.4, 0.5) is 5.13 Å². The minimum absolute atomic E-state index is 0.230. The van der Waals surface area contributed by atoms with Crippen LogP contribution in [-0.4, -0.2) is 35.2 Å². The van der Waals surface area contributed by atoms with Crippen molar-refractivity contribution in [2.24, 2.45) is 5.84 Å². The van der Waals surface area contributed by atoms with Gasteiger partial charge in [0.1, 0.15) is 5.01 Å². The lowest BCUT2D eigenvalue weighted by Gasteiger charge is -2.10. The number of hydrogen-bond donors (Lipinski definition) is 2. The zero-order chi connectivity index (χ0) is 10.9. The van der Waals surface area contributed by atoms with Crippen molar-refractivity contribution in [3.8, 4) is 0 Å². The second-order valence-electron chi connectivity index (χ2n) is 3.15. The third-order valence-corrected chi connectivity index (χ3v) is 4.85. The van der Waals surface area contributed by atoms with Crippen LogP contribution in [0.3, 0.4) is 0 Å². The molecule has 1 saturated heterocycles. The third kappa shape index (κ3) is 2.25. The Labute approximate surface area is 91.3 Å². The van der Waals surface area contributed by atoms with E-state index in [1.165, 1.54) is 15.6 Å². The highest BCUT2D eigenvalue weighted by Crippen LogP contribution is 2.20. The summed E-state index contributed by atoms with van der Waals surface area (Å²) in [4.78, 5) is 0. The van der Waals surface area contributed by atoms with E-state index < -0.39 is 10.0 Å². The molecule has 0 radical (unpaired) electrons. The van der Waals surface area contributed by atoms with E-state index in [-0.39, 0.29) is 5.75 Å². The summed E-state index contributed by atoms with van der Waals surface area (Å²) in [5.74, 6) is 5.38. The minimum Gasteiger partial charge on any atom is -0.298 e. The molecule has 1 fully saturated rings. The Morgan fingerprint density at radius 3 is 2.87 bits per heavy atom. The van der Waals surface area contributed by atoms with Gasteiger partial charge in [-0.15, -0.1) is 10.2 Å². The molecule has 0 bridgehead atoms. The topological polar surface area (TPSA) is 101 Å². The Morgan fingerprint density at radius 1 is 1.53 bits per heavy atom. The normalized spacial score (nSPS) is 20.6. The van der Waals surface area contributed by atoms with Crippen LogP contribution in [-0.2, 0) is 16.6 Å². The Bertz CT molecular complexity index is 442. The molecule has 1 aromatic rings. The van der Waals surface area contributed by atoms with Gasteiger partial charge >= 0.3 is 0 Å². The summed E-state index contributed by atoms with van der Waals surface area (Å²) in [7, 11) is -3.06. The maximum absolute atomic E-state index is 11.5. The number of hydrazine groups is 1. The molecule has 0 unspecified atom stereocenters. The highest BCUT2D eigenvalue weighted by molar-refractivity contribution is 7.89. The van der Waals surface area contributed by atoms with E-state index in [0.29, 0.717) is 29.6 Å². The molecule has 7 nitrogen and oxygen atoms in total. The van der Waals surface area contributed by atoms with Crippen molar-refractivity contribution in [3.05, 3.63) is 5.01 Å². The number of anilines is 1. The van der Waals surface area contributed by atoms with Gasteiger partial charge in [-0.2, -0.15) is 4.31 Å². The molecule has 1 aliphatic heterocycles. The van der Waals surface area contributed by atoms with Crippen molar-refractivity contribution < 1.29 is 8.42 Å². The molecule has 1 aliphatic rings. The number of nitrogens with one attached hydrogen (secondary N) is 1. The number of sulfonamides is 1. The fraction of sp³-hybridized carbons (Fsp3) is 0.667. The molecular formula is C6H11N5O2S2. The summed E-state index contributed by atoms with van der Waals surface area (Å²) in [6.45, 7) is 0.856. The predicted octanol–water partition coefficient (Wildman–Crippen LogP) is -0.641. The van der Waals surface area contributed by atoms with E-state index in [2.05, 4.69) is 15.6 Å². The highest BCUT2D eigenvalue weighted by atomic mass is 32.2. The standard InChI is InChI=1S/C6H11N5O2S2/c7-8-6-10-9-5(14-6)4-11-2-1-3-15(11,12)13/h1-4,7H2,(H,8,10). The summed E-state index contributed by atoms with van der Waals surface area (Å²) in [5, 5.41) is 8.71. The highest BCUT2D eigenvalue weighted by Gasteiger charge is 2.28. The van der Waals surface area contributed by atoms with E-state index >= 15 is 0 Å². The van der Waals surface area contributed by atoms with Gasteiger partial charge in [0.15, 0.2) is 0 Å². The van der Waals surface area contributed by atoms with Gasteiger partial charge in [-0.05, 0) is 6.42 Å². The lowest BCUT2D eigenvalue weighted by molar-refractivity contribution is 0.437. The molecule has 0 spiro atoms. The molecular weight excluding hydrogens is 238 g/mol. The van der Waals surface area contributed by atoms with E-state index in [9.17, 15) is 8.42 Å². The summed E-state index contributed by atoms with van der Waals surface area (Å²) in [6.07, 6.45) is 0.684. The van der Waals surface area contributed by atoms with E-state index in [0.717, 1.165) is 0 Å². The van der Waals surface area contributed by atoms with Crippen LogP contribution < -0.4 is 11.3 Å². The maximum atomic E-state index is 11.5. The van der Waals surface area contributed by atoms with Crippen LogP contribution in [0.25, 0.3) is 0 Å². The minimum atomic E-state index is -3.06. The van der Waals surface area contributed by atoms with Crippen LogP contribution in [0.5, 0.6) is 0 Å². The number of rotatable bonds is 3. The van der Waals surface area contributed by atoms with Crippen molar-refractivity contribution in [2.75, 3.05) is 17.7 Å².